The van der Waals surface area contributed by atoms with E-state index in [0.29, 0.717) is 0 Å². The van der Waals surface area contributed by atoms with Crippen LogP contribution in [0.5, 0.6) is 0 Å². The number of benzene rings is 1. The van der Waals surface area contributed by atoms with Gasteiger partial charge in [0.15, 0.2) is 0 Å². The second-order valence-electron chi connectivity index (χ2n) is 4.56. The third-order valence-electron chi connectivity index (χ3n) is 3.09. The van der Waals surface area contributed by atoms with E-state index in [-0.39, 0.29) is 30.6 Å². The van der Waals surface area contributed by atoms with E-state index in [1.54, 1.807) is 12.1 Å². The minimum atomic E-state index is -0.521. The molecule has 0 fully saturated rings. The van der Waals surface area contributed by atoms with Gasteiger partial charge >= 0.3 is 0 Å². The number of aliphatic hydroxyl groups excluding tert-OH is 1. The summed E-state index contributed by atoms with van der Waals surface area (Å²) in [5.74, 6) is -0.313. The fraction of sp³-hybridized carbons (Fsp3) is 0.500. The number of hydrogen-bond acceptors (Lipinski definition) is 2. The quantitative estimate of drug-likeness (QED) is 0.813. The first-order chi connectivity index (χ1) is 8.52. The summed E-state index contributed by atoms with van der Waals surface area (Å²) in [6.45, 7) is 4.19. The Morgan fingerprint density at radius 1 is 1.39 bits per heavy atom. The van der Waals surface area contributed by atoms with Gasteiger partial charge in [-0.2, -0.15) is 0 Å². The lowest BCUT2D eigenvalue weighted by molar-refractivity contribution is -0.121. The van der Waals surface area contributed by atoms with Crippen LogP contribution in [0.4, 0.5) is 4.39 Å². The summed E-state index contributed by atoms with van der Waals surface area (Å²) in [6.07, 6.45) is 0.551. The molecule has 0 saturated carbocycles. The van der Waals surface area contributed by atoms with Gasteiger partial charge in [0, 0.05) is 6.54 Å². The Hall–Kier alpha value is -1.42. The number of amides is 1. The highest BCUT2D eigenvalue weighted by molar-refractivity contribution is 5.78. The lowest BCUT2D eigenvalue weighted by Crippen LogP contribution is -2.36. The van der Waals surface area contributed by atoms with Gasteiger partial charge in [-0.25, -0.2) is 4.39 Å². The molecule has 1 amide bonds. The number of nitrogens with one attached hydrogen (secondary N) is 1. The average molecular weight is 253 g/mol. The molecule has 2 unspecified atom stereocenters. The molecular formula is C14H20FNO2. The molecule has 0 aromatic heterocycles. The maximum Gasteiger partial charge on any atom is 0.224 e. The van der Waals surface area contributed by atoms with Crippen molar-refractivity contribution in [2.24, 2.45) is 5.92 Å². The summed E-state index contributed by atoms with van der Waals surface area (Å²) in [4.78, 5) is 11.6. The van der Waals surface area contributed by atoms with Crippen LogP contribution in [-0.4, -0.2) is 23.7 Å². The highest BCUT2D eigenvalue weighted by Gasteiger charge is 2.13. The van der Waals surface area contributed by atoms with Crippen LogP contribution < -0.4 is 5.32 Å². The van der Waals surface area contributed by atoms with Crippen LogP contribution in [0.3, 0.4) is 0 Å². The zero-order chi connectivity index (χ0) is 13.5. The molecule has 0 saturated heterocycles. The molecule has 0 bridgehead atoms. The van der Waals surface area contributed by atoms with Crippen LogP contribution in [0, 0.1) is 11.7 Å². The average Bonchev–Trinajstić information content (AvgIpc) is 2.37. The Morgan fingerprint density at radius 3 is 2.56 bits per heavy atom. The Bertz CT molecular complexity index is 378. The van der Waals surface area contributed by atoms with E-state index in [1.807, 2.05) is 13.8 Å². The molecule has 2 atom stereocenters. The monoisotopic (exact) mass is 253 g/mol. The predicted octanol–water partition coefficient (Wildman–Crippen LogP) is 1.89. The molecule has 3 nitrogen and oxygen atoms in total. The third-order valence-corrected chi connectivity index (χ3v) is 3.09. The van der Waals surface area contributed by atoms with E-state index >= 15 is 0 Å². The maximum absolute atomic E-state index is 12.7. The molecule has 100 valence electrons. The second kappa shape index (κ2) is 7.11. The fourth-order valence-electron chi connectivity index (χ4n) is 1.54. The first-order valence-electron chi connectivity index (χ1n) is 6.22. The SMILES string of the molecule is CCC(C)C(O)CNC(=O)Cc1ccc(F)cc1. The minimum absolute atomic E-state index is 0.163. The van der Waals surface area contributed by atoms with E-state index in [0.717, 1.165) is 12.0 Å². The molecule has 0 aliphatic rings. The number of rotatable bonds is 6. The highest BCUT2D eigenvalue weighted by atomic mass is 19.1. The summed E-state index contributed by atoms with van der Waals surface area (Å²) in [6, 6.07) is 5.83. The summed E-state index contributed by atoms with van der Waals surface area (Å²) in [5.41, 5.74) is 0.756. The van der Waals surface area contributed by atoms with Crippen LogP contribution in [0.1, 0.15) is 25.8 Å². The van der Waals surface area contributed by atoms with Crippen molar-refractivity contribution in [1.29, 1.82) is 0 Å². The number of carbonyl (C=O) groups is 1. The van der Waals surface area contributed by atoms with Crippen molar-refractivity contribution in [2.45, 2.75) is 32.8 Å². The standard InChI is InChI=1S/C14H20FNO2/c1-3-10(2)13(17)9-16-14(18)8-11-4-6-12(15)7-5-11/h4-7,10,13,17H,3,8-9H2,1-2H3,(H,16,18). The third kappa shape index (κ3) is 4.84. The van der Waals surface area contributed by atoms with Crippen LogP contribution in [0.25, 0.3) is 0 Å². The molecule has 0 heterocycles. The first kappa shape index (κ1) is 14.6. The summed E-state index contributed by atoms with van der Waals surface area (Å²) in [5, 5.41) is 12.4. The van der Waals surface area contributed by atoms with Gasteiger partial charge in [0.1, 0.15) is 5.82 Å². The van der Waals surface area contributed by atoms with Crippen LogP contribution >= 0.6 is 0 Å². The van der Waals surface area contributed by atoms with Gasteiger partial charge in [-0.15, -0.1) is 0 Å². The largest absolute Gasteiger partial charge is 0.391 e. The van der Waals surface area contributed by atoms with Crippen LogP contribution in [-0.2, 0) is 11.2 Å². The van der Waals surface area contributed by atoms with E-state index in [1.165, 1.54) is 12.1 Å². The van der Waals surface area contributed by atoms with Crippen molar-refractivity contribution in [3.8, 4) is 0 Å². The van der Waals surface area contributed by atoms with Gasteiger partial charge in [0.05, 0.1) is 12.5 Å². The van der Waals surface area contributed by atoms with E-state index in [9.17, 15) is 14.3 Å². The van der Waals surface area contributed by atoms with Gasteiger partial charge < -0.3 is 10.4 Å². The van der Waals surface area contributed by atoms with Crippen LogP contribution in [0.2, 0.25) is 0 Å². The lowest BCUT2D eigenvalue weighted by Gasteiger charge is -2.17. The van der Waals surface area contributed by atoms with Crippen molar-refractivity contribution in [3.05, 3.63) is 35.6 Å². The minimum Gasteiger partial charge on any atom is -0.391 e. The number of aliphatic hydroxyl groups is 1. The Kier molecular flexibility index (Phi) is 5.78. The van der Waals surface area contributed by atoms with E-state index in [4.69, 9.17) is 0 Å². The molecule has 0 aliphatic carbocycles. The molecule has 18 heavy (non-hydrogen) atoms. The van der Waals surface area contributed by atoms with Gasteiger partial charge in [-0.05, 0) is 23.6 Å². The van der Waals surface area contributed by atoms with E-state index in [2.05, 4.69) is 5.32 Å². The van der Waals surface area contributed by atoms with Gasteiger partial charge in [-0.3, -0.25) is 4.79 Å². The number of halogens is 1. The normalized spacial score (nSPS) is 14.0. The Morgan fingerprint density at radius 2 is 2.00 bits per heavy atom. The Labute approximate surface area is 107 Å². The number of hydrogen-bond donors (Lipinski definition) is 2. The second-order valence-corrected chi connectivity index (χ2v) is 4.56. The molecule has 4 heteroatoms. The van der Waals surface area contributed by atoms with Crippen molar-refractivity contribution in [1.82, 2.24) is 5.32 Å². The molecule has 0 radical (unpaired) electrons. The van der Waals surface area contributed by atoms with E-state index < -0.39 is 6.10 Å². The van der Waals surface area contributed by atoms with Gasteiger partial charge in [0.25, 0.3) is 0 Å². The van der Waals surface area contributed by atoms with Gasteiger partial charge in [0.2, 0.25) is 5.91 Å². The van der Waals surface area contributed by atoms with Crippen molar-refractivity contribution in [2.75, 3.05) is 6.54 Å². The molecule has 1 aromatic carbocycles. The molecule has 1 aromatic rings. The topological polar surface area (TPSA) is 49.3 Å². The molecule has 0 spiro atoms. The fourth-order valence-corrected chi connectivity index (χ4v) is 1.54. The summed E-state index contributed by atoms with van der Waals surface area (Å²) < 4.78 is 12.7. The van der Waals surface area contributed by atoms with Gasteiger partial charge in [-0.1, -0.05) is 32.4 Å². The molecular weight excluding hydrogens is 233 g/mol. The smallest absolute Gasteiger partial charge is 0.224 e. The van der Waals surface area contributed by atoms with Crippen LogP contribution in [0.15, 0.2) is 24.3 Å². The zero-order valence-corrected chi connectivity index (χ0v) is 10.8. The highest BCUT2D eigenvalue weighted by Crippen LogP contribution is 2.06. The van der Waals surface area contributed by atoms with Crippen molar-refractivity contribution in [3.63, 3.8) is 0 Å². The summed E-state index contributed by atoms with van der Waals surface area (Å²) >= 11 is 0. The predicted molar refractivity (Wildman–Crippen MR) is 68.6 cm³/mol. The molecule has 1 rings (SSSR count). The maximum atomic E-state index is 12.7. The number of carbonyl (C=O) groups excluding carboxylic acids is 1. The van der Waals surface area contributed by atoms with Crippen molar-refractivity contribution >= 4 is 5.91 Å². The zero-order valence-electron chi connectivity index (χ0n) is 10.8. The van der Waals surface area contributed by atoms with Crippen molar-refractivity contribution < 1.29 is 14.3 Å². The lowest BCUT2D eigenvalue weighted by atomic mass is 10.0. The molecule has 2 N–H and O–H groups in total. The Balaban J connectivity index is 2.36. The summed E-state index contributed by atoms with van der Waals surface area (Å²) in [7, 11) is 0. The molecule has 0 aliphatic heterocycles. The first-order valence-corrected chi connectivity index (χ1v) is 6.22.